The molecule has 31 heavy (non-hydrogen) atoms. The normalized spacial score (nSPS) is 28.2. The lowest BCUT2D eigenvalue weighted by molar-refractivity contribution is -0.136. The average Bonchev–Trinajstić information content (AvgIpc) is 3.52. The molecule has 1 saturated heterocycles. The van der Waals surface area contributed by atoms with Crippen molar-refractivity contribution in [3.8, 4) is 0 Å². The summed E-state index contributed by atoms with van der Waals surface area (Å²) in [7, 11) is 1.73. The zero-order valence-electron chi connectivity index (χ0n) is 17.5. The van der Waals surface area contributed by atoms with Crippen LogP contribution in [-0.2, 0) is 23.6 Å². The predicted octanol–water partition coefficient (Wildman–Crippen LogP) is 3.03. The number of hydrogen-bond donors (Lipinski definition) is 2. The van der Waals surface area contributed by atoms with Gasteiger partial charge in [0.2, 0.25) is 5.91 Å². The molecular weight excluding hydrogens is 409 g/mol. The molecule has 2 N–H and O–H groups in total. The number of amides is 1. The molecule has 6 nitrogen and oxygen atoms in total. The number of benzene rings is 1. The summed E-state index contributed by atoms with van der Waals surface area (Å²) in [5.74, 6) is 0.445. The predicted molar refractivity (Wildman–Crippen MR) is 108 cm³/mol. The summed E-state index contributed by atoms with van der Waals surface area (Å²) in [6, 6.07) is 3.07. The molecule has 2 aromatic rings. The lowest BCUT2D eigenvalue weighted by Crippen LogP contribution is -2.62. The van der Waals surface area contributed by atoms with Crippen LogP contribution in [0.15, 0.2) is 12.1 Å². The molecule has 2 atom stereocenters. The average molecular weight is 436 g/mol. The molecule has 0 radical (unpaired) electrons. The number of hydrogen-bond acceptors (Lipinski definition) is 4. The van der Waals surface area contributed by atoms with E-state index in [0.29, 0.717) is 42.8 Å². The number of nitrogens with one attached hydrogen (secondary N) is 1. The Labute approximate surface area is 178 Å². The number of imidazole rings is 1. The smallest absolute Gasteiger partial charge is 0.391 e. The third kappa shape index (κ3) is 3.33. The molecule has 1 aromatic carbocycles. The SMILES string of the molecule is Cn1c(C2(N3CCNC(=O)C3)CCCCC2O)nc2c(C(F)(F)F)cc(C3CC3)cc21. The second kappa shape index (κ2) is 7.20. The van der Waals surface area contributed by atoms with E-state index in [2.05, 4.69) is 10.3 Å². The van der Waals surface area contributed by atoms with Crippen LogP contribution in [0.25, 0.3) is 11.0 Å². The van der Waals surface area contributed by atoms with E-state index in [-0.39, 0.29) is 23.9 Å². The van der Waals surface area contributed by atoms with Gasteiger partial charge in [0.05, 0.1) is 23.7 Å². The van der Waals surface area contributed by atoms with E-state index in [1.807, 2.05) is 11.0 Å². The molecule has 1 aliphatic heterocycles. The number of rotatable bonds is 3. The fourth-order valence-corrected chi connectivity index (χ4v) is 5.45. The summed E-state index contributed by atoms with van der Waals surface area (Å²) in [6.45, 7) is 1.06. The Morgan fingerprint density at radius 1 is 1.23 bits per heavy atom. The first kappa shape index (κ1) is 20.8. The first-order valence-electron chi connectivity index (χ1n) is 11.0. The van der Waals surface area contributed by atoms with Crippen LogP contribution in [0.1, 0.15) is 61.4 Å². The van der Waals surface area contributed by atoms with E-state index in [4.69, 9.17) is 0 Å². The Hall–Kier alpha value is -2.13. The van der Waals surface area contributed by atoms with Gasteiger partial charge in [-0.1, -0.05) is 12.8 Å². The van der Waals surface area contributed by atoms with Gasteiger partial charge in [0.1, 0.15) is 16.9 Å². The minimum absolute atomic E-state index is 0.0759. The van der Waals surface area contributed by atoms with Crippen LogP contribution < -0.4 is 5.32 Å². The third-order valence-corrected chi connectivity index (χ3v) is 7.19. The number of nitrogens with zero attached hydrogens (tertiary/aromatic N) is 3. The van der Waals surface area contributed by atoms with Crippen LogP contribution in [0.5, 0.6) is 0 Å². The molecule has 3 fully saturated rings. The Balaban J connectivity index is 1.73. The highest BCUT2D eigenvalue weighted by Gasteiger charge is 2.51. The molecule has 1 amide bonds. The van der Waals surface area contributed by atoms with Crippen molar-refractivity contribution in [3.05, 3.63) is 29.1 Å². The highest BCUT2D eigenvalue weighted by molar-refractivity contribution is 5.82. The minimum atomic E-state index is -4.52. The molecule has 3 aliphatic rings. The molecule has 0 bridgehead atoms. The molecule has 1 aromatic heterocycles. The quantitative estimate of drug-likeness (QED) is 0.776. The van der Waals surface area contributed by atoms with Gasteiger partial charge in [-0.3, -0.25) is 9.69 Å². The van der Waals surface area contributed by atoms with E-state index in [1.165, 1.54) is 6.07 Å². The molecule has 2 heterocycles. The Kier molecular flexibility index (Phi) is 4.82. The number of carbonyl (C=O) groups is 1. The third-order valence-electron chi connectivity index (χ3n) is 7.19. The van der Waals surface area contributed by atoms with Gasteiger partial charge in [0.25, 0.3) is 0 Å². The van der Waals surface area contributed by atoms with Crippen molar-refractivity contribution in [3.63, 3.8) is 0 Å². The molecular formula is C22H27F3N4O2. The highest BCUT2D eigenvalue weighted by Crippen LogP contribution is 2.47. The molecule has 2 aliphatic carbocycles. The maximum Gasteiger partial charge on any atom is 0.418 e. The molecule has 0 spiro atoms. The number of aromatic nitrogens is 2. The van der Waals surface area contributed by atoms with E-state index in [9.17, 15) is 23.1 Å². The van der Waals surface area contributed by atoms with E-state index < -0.39 is 23.4 Å². The van der Waals surface area contributed by atoms with Crippen molar-refractivity contribution >= 4 is 16.9 Å². The van der Waals surface area contributed by atoms with Gasteiger partial charge in [0, 0.05) is 20.1 Å². The van der Waals surface area contributed by atoms with E-state index >= 15 is 0 Å². The fraction of sp³-hybridized carbons (Fsp3) is 0.636. The first-order chi connectivity index (χ1) is 14.7. The number of aliphatic hydroxyl groups excluding tert-OH is 1. The number of carbonyl (C=O) groups excluding carboxylic acids is 1. The van der Waals surface area contributed by atoms with Crippen molar-refractivity contribution in [2.45, 2.75) is 62.3 Å². The zero-order chi connectivity index (χ0) is 22.0. The van der Waals surface area contributed by atoms with Crippen LogP contribution in [0.4, 0.5) is 13.2 Å². The van der Waals surface area contributed by atoms with Crippen molar-refractivity contribution in [2.24, 2.45) is 7.05 Å². The van der Waals surface area contributed by atoms with E-state index in [1.54, 1.807) is 11.6 Å². The maximum absolute atomic E-state index is 14.0. The van der Waals surface area contributed by atoms with Gasteiger partial charge >= 0.3 is 6.18 Å². The van der Waals surface area contributed by atoms with Crippen LogP contribution in [0, 0.1) is 0 Å². The molecule has 5 rings (SSSR count). The lowest BCUT2D eigenvalue weighted by atomic mass is 9.76. The Morgan fingerprint density at radius 3 is 2.65 bits per heavy atom. The number of aliphatic hydroxyl groups is 1. The van der Waals surface area contributed by atoms with Crippen LogP contribution in [-0.4, -0.2) is 51.2 Å². The summed E-state index contributed by atoms with van der Waals surface area (Å²) in [4.78, 5) is 18.6. The summed E-state index contributed by atoms with van der Waals surface area (Å²) in [5.41, 5.74) is -0.638. The first-order valence-corrected chi connectivity index (χ1v) is 11.0. The van der Waals surface area contributed by atoms with Crippen molar-refractivity contribution < 1.29 is 23.1 Å². The number of halogens is 3. The van der Waals surface area contributed by atoms with E-state index in [0.717, 1.165) is 25.7 Å². The minimum Gasteiger partial charge on any atom is -0.391 e. The highest BCUT2D eigenvalue weighted by atomic mass is 19.4. The second-order valence-corrected chi connectivity index (χ2v) is 9.16. The second-order valence-electron chi connectivity index (χ2n) is 9.16. The summed E-state index contributed by atoms with van der Waals surface area (Å²) < 4.78 is 43.7. The lowest BCUT2D eigenvalue weighted by Gasteiger charge is -2.49. The Morgan fingerprint density at radius 2 is 2.00 bits per heavy atom. The largest absolute Gasteiger partial charge is 0.418 e. The molecule has 168 valence electrons. The number of fused-ring (bicyclic) bond motifs is 1. The van der Waals surface area contributed by atoms with Gasteiger partial charge in [-0.15, -0.1) is 0 Å². The van der Waals surface area contributed by atoms with Gasteiger partial charge in [-0.05, 0) is 49.3 Å². The zero-order valence-corrected chi connectivity index (χ0v) is 17.5. The van der Waals surface area contributed by atoms with Gasteiger partial charge in [-0.2, -0.15) is 13.2 Å². The van der Waals surface area contributed by atoms with Crippen molar-refractivity contribution in [1.29, 1.82) is 0 Å². The van der Waals surface area contributed by atoms with Crippen LogP contribution in [0.2, 0.25) is 0 Å². The summed E-state index contributed by atoms with van der Waals surface area (Å²) in [5, 5.41) is 14.0. The Bertz CT molecular complexity index is 1030. The summed E-state index contributed by atoms with van der Waals surface area (Å²) in [6.07, 6.45) is -0.781. The number of alkyl halides is 3. The molecule has 2 saturated carbocycles. The van der Waals surface area contributed by atoms with Gasteiger partial charge in [-0.25, -0.2) is 4.98 Å². The molecule has 2 unspecified atom stereocenters. The monoisotopic (exact) mass is 436 g/mol. The van der Waals surface area contributed by atoms with Gasteiger partial charge < -0.3 is 15.0 Å². The van der Waals surface area contributed by atoms with Crippen LogP contribution >= 0.6 is 0 Å². The van der Waals surface area contributed by atoms with Crippen molar-refractivity contribution in [2.75, 3.05) is 19.6 Å². The standard InChI is InChI=1S/C22H27F3N4O2/c1-28-16-11-14(13-5-6-13)10-15(22(23,24)25)19(16)27-20(28)21(7-3-2-4-17(21)30)29-9-8-26-18(31)12-29/h10-11,13,17,30H,2-9,12H2,1H3,(H,26,31). The number of aryl methyl sites for hydroxylation is 1. The summed E-state index contributed by atoms with van der Waals surface area (Å²) >= 11 is 0. The fourth-order valence-electron chi connectivity index (χ4n) is 5.45. The number of piperazine rings is 1. The van der Waals surface area contributed by atoms with Crippen molar-refractivity contribution in [1.82, 2.24) is 19.8 Å². The van der Waals surface area contributed by atoms with Crippen LogP contribution in [0.3, 0.4) is 0 Å². The topological polar surface area (TPSA) is 70.4 Å². The molecule has 9 heteroatoms. The maximum atomic E-state index is 14.0. The van der Waals surface area contributed by atoms with Gasteiger partial charge in [0.15, 0.2) is 0 Å².